The van der Waals surface area contributed by atoms with Crippen molar-refractivity contribution in [2.45, 2.75) is 0 Å². The number of aromatic nitrogens is 6. The van der Waals surface area contributed by atoms with Gasteiger partial charge in [0.05, 0.1) is 55.8 Å². The highest BCUT2D eigenvalue weighted by Crippen LogP contribution is 2.38. The van der Waals surface area contributed by atoms with Gasteiger partial charge in [0.2, 0.25) is 11.2 Å². The van der Waals surface area contributed by atoms with Crippen molar-refractivity contribution < 1.29 is 19.3 Å². The van der Waals surface area contributed by atoms with Crippen molar-refractivity contribution in [3.63, 3.8) is 0 Å². The molecule has 0 unspecified atom stereocenters. The fourth-order valence-corrected chi connectivity index (χ4v) is 7.17. The number of nitrogens with zero attached hydrogens (tertiary/aromatic N) is 8. The molecule has 4 aromatic carbocycles. The highest BCUT2D eigenvalue weighted by molar-refractivity contribution is 9.11. The molecule has 0 aliphatic carbocycles. The number of rotatable bonds is 8. The molecule has 8 aromatic rings. The van der Waals surface area contributed by atoms with Gasteiger partial charge < -0.3 is 29.7 Å². The van der Waals surface area contributed by atoms with E-state index in [9.17, 15) is 20.2 Å². The van der Waals surface area contributed by atoms with Gasteiger partial charge >= 0.3 is 0 Å². The third-order valence-corrected chi connectivity index (χ3v) is 10.3. The summed E-state index contributed by atoms with van der Waals surface area (Å²) in [7, 11) is 6.95. The highest BCUT2D eigenvalue weighted by Gasteiger charge is 2.19. The summed E-state index contributed by atoms with van der Waals surface area (Å²) in [6, 6.07) is 25.6. The molecule has 0 saturated carbocycles. The van der Waals surface area contributed by atoms with Crippen molar-refractivity contribution in [1.29, 1.82) is 0 Å². The Morgan fingerprint density at radius 1 is 0.712 bits per heavy atom. The average molecular weight is 945 g/mol. The van der Waals surface area contributed by atoms with Crippen LogP contribution in [-0.4, -0.2) is 53.1 Å². The molecule has 19 heteroatoms. The molecule has 300 valence electrons. The number of ether oxygens (including phenoxy) is 2. The first-order valence-corrected chi connectivity index (χ1v) is 19.2. The number of nitrogens with one attached hydrogen (secondary N) is 1. The van der Waals surface area contributed by atoms with Crippen LogP contribution in [0, 0.1) is 20.2 Å². The van der Waals surface area contributed by atoms with E-state index in [-0.39, 0.29) is 22.3 Å². The summed E-state index contributed by atoms with van der Waals surface area (Å²) >= 11 is 12.1. The van der Waals surface area contributed by atoms with Gasteiger partial charge in [0, 0.05) is 96.1 Å². The molecule has 0 radical (unpaired) electrons. The zero-order valence-corrected chi connectivity index (χ0v) is 35.6. The minimum atomic E-state index is -0.514. The van der Waals surface area contributed by atoms with Crippen molar-refractivity contribution in [1.82, 2.24) is 29.1 Å². The third-order valence-electron chi connectivity index (χ3n) is 8.84. The standard InChI is InChI=1S/C20H16BrN5O3.C13H10ClN3.C7H7BrN2O3/c1-25-11-13(12-5-3-4-6-17(12)25)15-7-8-22-20(23-15)24-16-10-18(26(27)28)14(21)9-19(16)29-2;1-17-8-10(9-4-2-3-5-12(9)17)11-6-7-15-13(14)16-11;1-13-7-2-4(8)6(10(11)12)3-5(7)9/h3-11H,1-2H3,(H,22,23,24);2-8H,1H3;2-3H,9H2,1H3. The second-order valence-corrected chi connectivity index (χ2v) is 14.6. The Balaban J connectivity index is 0.000000165. The van der Waals surface area contributed by atoms with Crippen molar-refractivity contribution in [2.24, 2.45) is 14.1 Å². The molecule has 8 rings (SSSR count). The van der Waals surface area contributed by atoms with E-state index in [1.807, 2.05) is 73.4 Å². The van der Waals surface area contributed by atoms with Crippen molar-refractivity contribution in [3.8, 4) is 34.0 Å². The second-order valence-electron chi connectivity index (χ2n) is 12.5. The molecule has 0 saturated heterocycles. The van der Waals surface area contributed by atoms with Crippen molar-refractivity contribution in [3.05, 3.63) is 144 Å². The van der Waals surface area contributed by atoms with Crippen LogP contribution < -0.4 is 20.5 Å². The zero-order valence-electron chi connectivity index (χ0n) is 31.6. The Labute approximate surface area is 358 Å². The molecule has 4 heterocycles. The number of nitro benzene ring substituents is 2. The van der Waals surface area contributed by atoms with Gasteiger partial charge in [0.15, 0.2) is 0 Å². The van der Waals surface area contributed by atoms with E-state index in [1.54, 1.807) is 12.4 Å². The first-order chi connectivity index (χ1) is 28.3. The molecule has 0 atom stereocenters. The van der Waals surface area contributed by atoms with Gasteiger partial charge in [-0.25, -0.2) is 19.9 Å². The first-order valence-electron chi connectivity index (χ1n) is 17.3. The quantitative estimate of drug-likeness (QED) is 0.0632. The first kappa shape index (κ1) is 42.0. The van der Waals surface area contributed by atoms with Crippen LogP contribution in [-0.2, 0) is 14.1 Å². The van der Waals surface area contributed by atoms with Crippen LogP contribution in [0.25, 0.3) is 44.3 Å². The lowest BCUT2D eigenvalue weighted by Gasteiger charge is -2.11. The summed E-state index contributed by atoms with van der Waals surface area (Å²) < 4.78 is 15.0. The molecule has 0 fully saturated rings. The summed E-state index contributed by atoms with van der Waals surface area (Å²) in [5, 5.41) is 27.3. The third kappa shape index (κ3) is 9.41. The van der Waals surface area contributed by atoms with Gasteiger partial charge in [-0.15, -0.1) is 0 Å². The maximum Gasteiger partial charge on any atom is 0.285 e. The molecule has 0 spiro atoms. The van der Waals surface area contributed by atoms with Gasteiger partial charge in [-0.1, -0.05) is 36.4 Å². The molecule has 4 aromatic heterocycles. The van der Waals surface area contributed by atoms with Gasteiger partial charge in [0.1, 0.15) is 11.5 Å². The number of hydrogen-bond donors (Lipinski definition) is 2. The van der Waals surface area contributed by atoms with E-state index < -0.39 is 9.85 Å². The van der Waals surface area contributed by atoms with E-state index in [4.69, 9.17) is 26.8 Å². The number of halogens is 3. The minimum Gasteiger partial charge on any atom is -0.495 e. The van der Waals surface area contributed by atoms with E-state index >= 15 is 0 Å². The van der Waals surface area contributed by atoms with Crippen LogP contribution in [0.1, 0.15) is 0 Å². The number of benzene rings is 4. The van der Waals surface area contributed by atoms with Crippen LogP contribution in [0.5, 0.6) is 11.5 Å². The minimum absolute atomic E-state index is 0.0710. The van der Waals surface area contributed by atoms with Gasteiger partial charge in [0.25, 0.3) is 11.4 Å². The normalized spacial score (nSPS) is 10.6. The fourth-order valence-electron chi connectivity index (χ4n) is 6.09. The molecular formula is C40H33Br2ClN10O6. The number of nitrogens with two attached hydrogens (primary N) is 1. The Hall–Kier alpha value is -6.63. The molecule has 59 heavy (non-hydrogen) atoms. The monoisotopic (exact) mass is 942 g/mol. The number of fused-ring (bicyclic) bond motifs is 2. The number of nitrogen functional groups attached to an aromatic ring is 1. The maximum absolute atomic E-state index is 11.3. The van der Waals surface area contributed by atoms with Gasteiger partial charge in [-0.3, -0.25) is 20.2 Å². The molecule has 0 aliphatic rings. The zero-order chi connectivity index (χ0) is 42.4. The van der Waals surface area contributed by atoms with Crippen molar-refractivity contribution in [2.75, 3.05) is 25.3 Å². The number of anilines is 3. The lowest BCUT2D eigenvalue weighted by atomic mass is 10.1. The predicted molar refractivity (Wildman–Crippen MR) is 235 cm³/mol. The lowest BCUT2D eigenvalue weighted by molar-refractivity contribution is -0.385. The van der Waals surface area contributed by atoms with Crippen LogP contribution in [0.15, 0.2) is 119 Å². The molecule has 0 aliphatic heterocycles. The number of methoxy groups -OCH3 is 2. The predicted octanol–water partition coefficient (Wildman–Crippen LogP) is 10.3. The van der Waals surface area contributed by atoms with Gasteiger partial charge in [-0.2, -0.15) is 0 Å². The summed E-state index contributed by atoms with van der Waals surface area (Å²) in [5.41, 5.74) is 11.9. The van der Waals surface area contributed by atoms with Gasteiger partial charge in [-0.05, 0) is 67.7 Å². The summed E-state index contributed by atoms with van der Waals surface area (Å²) in [6.07, 6.45) is 7.39. The Kier molecular flexibility index (Phi) is 13.0. The topological polar surface area (TPSA) is 204 Å². The molecule has 16 nitrogen and oxygen atoms in total. The van der Waals surface area contributed by atoms with E-state index in [2.05, 4.69) is 80.0 Å². The summed E-state index contributed by atoms with van der Waals surface area (Å²) in [6.45, 7) is 0. The van der Waals surface area contributed by atoms with E-state index in [0.717, 1.165) is 33.4 Å². The smallest absolute Gasteiger partial charge is 0.285 e. The van der Waals surface area contributed by atoms with E-state index in [1.165, 1.54) is 49.4 Å². The molecular weight excluding hydrogens is 912 g/mol. The SMILES string of the molecule is COc1cc(Br)c([N+](=O)[O-])cc1N.COc1cc(Br)c([N+](=O)[O-])cc1Nc1nccc(-c2cn(C)c3ccccc23)n1.Cn1cc(-c2ccnc(Cl)n2)c2ccccc21. The Morgan fingerprint density at radius 3 is 1.73 bits per heavy atom. The fraction of sp³-hybridized carbons (Fsp3) is 0.100. The second kappa shape index (κ2) is 18.3. The van der Waals surface area contributed by atoms with Crippen LogP contribution in [0.4, 0.5) is 28.7 Å². The van der Waals surface area contributed by atoms with Crippen molar-refractivity contribution >= 4 is 94.0 Å². The highest BCUT2D eigenvalue weighted by atomic mass is 79.9. The summed E-state index contributed by atoms with van der Waals surface area (Å²) in [4.78, 5) is 37.7. The van der Waals surface area contributed by atoms with Crippen LogP contribution in [0.2, 0.25) is 5.28 Å². The molecule has 0 bridgehead atoms. The molecule has 0 amide bonds. The number of hydrogen-bond acceptors (Lipinski definition) is 12. The lowest BCUT2D eigenvalue weighted by Crippen LogP contribution is -2.01. The Morgan fingerprint density at radius 2 is 1.20 bits per heavy atom. The number of nitro groups is 2. The number of para-hydroxylation sites is 2. The number of aryl methyl sites for hydroxylation is 2. The average Bonchev–Trinajstić information content (AvgIpc) is 3.75. The largest absolute Gasteiger partial charge is 0.495 e. The van der Waals surface area contributed by atoms with Crippen LogP contribution in [0.3, 0.4) is 0 Å². The Bertz CT molecular complexity index is 2850. The molecule has 3 N–H and O–H groups in total. The maximum atomic E-state index is 11.3. The van der Waals surface area contributed by atoms with E-state index in [0.29, 0.717) is 32.1 Å². The van der Waals surface area contributed by atoms with Crippen LogP contribution >= 0.6 is 43.5 Å². The summed E-state index contributed by atoms with van der Waals surface area (Å²) in [5.74, 6) is 1.16.